The number of alkyl halides is 1. The summed E-state index contributed by atoms with van der Waals surface area (Å²) >= 11 is 5.70. The van der Waals surface area contributed by atoms with Gasteiger partial charge in [-0.1, -0.05) is 6.07 Å². The van der Waals surface area contributed by atoms with E-state index in [0.717, 1.165) is 6.07 Å². The number of nitrogens with zero attached hydrogens (tertiary/aromatic N) is 1. The highest BCUT2D eigenvalue weighted by Gasteiger charge is 2.08. The van der Waals surface area contributed by atoms with E-state index in [1.807, 2.05) is 6.07 Å². The van der Waals surface area contributed by atoms with Gasteiger partial charge in [0.2, 0.25) is 0 Å². The molecule has 2 nitrogen and oxygen atoms in total. The third-order valence-electron chi connectivity index (χ3n) is 2.73. The third-order valence-corrected chi connectivity index (χ3v) is 3.02. The zero-order valence-corrected chi connectivity index (χ0v) is 11.1. The monoisotopic (exact) mass is 293 g/mol. The van der Waals surface area contributed by atoms with Crippen molar-refractivity contribution in [1.29, 1.82) is 5.26 Å². The highest BCUT2D eigenvalue weighted by Crippen LogP contribution is 2.23. The van der Waals surface area contributed by atoms with E-state index in [4.69, 9.17) is 21.6 Å². The summed E-state index contributed by atoms with van der Waals surface area (Å²) in [5.41, 5.74) is 1.06. The number of hydrogen-bond donors (Lipinski definition) is 0. The lowest BCUT2D eigenvalue weighted by Gasteiger charge is -2.10. The van der Waals surface area contributed by atoms with E-state index < -0.39 is 11.6 Å². The Kier molecular flexibility index (Phi) is 4.54. The topological polar surface area (TPSA) is 33.0 Å². The van der Waals surface area contributed by atoms with Gasteiger partial charge in [-0.05, 0) is 30.3 Å². The van der Waals surface area contributed by atoms with Gasteiger partial charge in [0.25, 0.3) is 0 Å². The molecule has 0 fully saturated rings. The number of benzene rings is 2. The van der Waals surface area contributed by atoms with Crippen molar-refractivity contribution in [2.45, 2.75) is 12.5 Å². The van der Waals surface area contributed by atoms with Gasteiger partial charge in [-0.2, -0.15) is 5.26 Å². The maximum atomic E-state index is 13.7. The second-order valence-electron chi connectivity index (χ2n) is 4.09. The van der Waals surface area contributed by atoms with Crippen molar-refractivity contribution in [2.24, 2.45) is 0 Å². The van der Waals surface area contributed by atoms with Crippen LogP contribution in [0.5, 0.6) is 5.75 Å². The molecule has 0 aliphatic rings. The largest absolute Gasteiger partial charge is 0.488 e. The molecule has 0 radical (unpaired) electrons. The van der Waals surface area contributed by atoms with Crippen molar-refractivity contribution in [1.82, 2.24) is 0 Å². The van der Waals surface area contributed by atoms with Gasteiger partial charge in [-0.15, -0.1) is 11.6 Å². The van der Waals surface area contributed by atoms with Crippen molar-refractivity contribution in [2.75, 3.05) is 0 Å². The van der Waals surface area contributed by atoms with Crippen LogP contribution < -0.4 is 4.74 Å². The summed E-state index contributed by atoms with van der Waals surface area (Å²) in [6.07, 6.45) is 0. The summed E-state index contributed by atoms with van der Waals surface area (Å²) in [7, 11) is 0. The molecule has 2 aromatic carbocycles. The predicted octanol–water partition coefficient (Wildman–Crippen LogP) is 4.15. The Balaban J connectivity index is 2.15. The standard InChI is InChI=1S/C15H10ClF2NO/c16-7-12-6-13(17)3-4-15(12)20-9-11-2-1-10(8-19)5-14(11)18/h1-6H,7,9H2. The first kappa shape index (κ1) is 14.3. The van der Waals surface area contributed by atoms with Gasteiger partial charge in [-0.3, -0.25) is 0 Å². The first-order chi connectivity index (χ1) is 9.63. The molecule has 0 unspecified atom stereocenters. The smallest absolute Gasteiger partial charge is 0.131 e. The van der Waals surface area contributed by atoms with Crippen LogP contribution in [-0.4, -0.2) is 0 Å². The fraction of sp³-hybridized carbons (Fsp3) is 0.133. The minimum absolute atomic E-state index is 0.0208. The molecule has 0 saturated heterocycles. The minimum atomic E-state index is -0.515. The van der Waals surface area contributed by atoms with Crippen LogP contribution in [0.25, 0.3) is 0 Å². The Bertz CT molecular complexity index is 667. The molecule has 0 spiro atoms. The Morgan fingerprint density at radius 3 is 2.55 bits per heavy atom. The summed E-state index contributed by atoms with van der Waals surface area (Å²) in [6.45, 7) is -0.0208. The second-order valence-corrected chi connectivity index (χ2v) is 4.36. The average molecular weight is 294 g/mol. The molecule has 0 aromatic heterocycles. The van der Waals surface area contributed by atoms with Crippen LogP contribution in [0.4, 0.5) is 8.78 Å². The fourth-order valence-corrected chi connectivity index (χ4v) is 1.89. The highest BCUT2D eigenvalue weighted by molar-refractivity contribution is 6.17. The Hall–Kier alpha value is -2.12. The van der Waals surface area contributed by atoms with E-state index in [1.165, 1.54) is 30.3 Å². The molecule has 0 aliphatic heterocycles. The lowest BCUT2D eigenvalue weighted by atomic mass is 10.1. The molecule has 0 bridgehead atoms. The van der Waals surface area contributed by atoms with Crippen LogP contribution in [0.15, 0.2) is 36.4 Å². The highest BCUT2D eigenvalue weighted by atomic mass is 35.5. The molecule has 2 aromatic rings. The number of halogens is 3. The molecule has 0 aliphatic carbocycles. The molecule has 0 saturated carbocycles. The van der Waals surface area contributed by atoms with Gasteiger partial charge >= 0.3 is 0 Å². The second kappa shape index (κ2) is 6.36. The van der Waals surface area contributed by atoms with Crippen molar-refractivity contribution >= 4 is 11.6 Å². The van der Waals surface area contributed by atoms with Gasteiger partial charge in [-0.25, -0.2) is 8.78 Å². The molecule has 2 rings (SSSR count). The van der Waals surface area contributed by atoms with E-state index in [1.54, 1.807) is 0 Å². The summed E-state index contributed by atoms with van der Waals surface area (Å²) in [6, 6.07) is 9.97. The van der Waals surface area contributed by atoms with E-state index in [-0.39, 0.29) is 18.1 Å². The lowest BCUT2D eigenvalue weighted by molar-refractivity contribution is 0.297. The van der Waals surface area contributed by atoms with Crippen molar-refractivity contribution in [3.8, 4) is 11.8 Å². The van der Waals surface area contributed by atoms with E-state index >= 15 is 0 Å². The summed E-state index contributed by atoms with van der Waals surface area (Å²) in [5.74, 6) is -0.413. The lowest BCUT2D eigenvalue weighted by Crippen LogP contribution is -2.01. The van der Waals surface area contributed by atoms with Gasteiger partial charge in [0.05, 0.1) is 17.5 Å². The third kappa shape index (κ3) is 3.25. The van der Waals surface area contributed by atoms with Gasteiger partial charge in [0.1, 0.15) is 24.0 Å². The predicted molar refractivity (Wildman–Crippen MR) is 71.4 cm³/mol. The molecule has 0 atom stereocenters. The summed E-state index contributed by atoms with van der Waals surface area (Å²) in [5, 5.41) is 8.66. The first-order valence-corrected chi connectivity index (χ1v) is 6.33. The van der Waals surface area contributed by atoms with Crippen LogP contribution in [-0.2, 0) is 12.5 Å². The molecule has 0 N–H and O–H groups in total. The van der Waals surface area contributed by atoms with E-state index in [2.05, 4.69) is 0 Å². The molecule has 0 heterocycles. The summed E-state index contributed by atoms with van der Waals surface area (Å²) in [4.78, 5) is 0. The van der Waals surface area contributed by atoms with Crippen molar-refractivity contribution < 1.29 is 13.5 Å². The van der Waals surface area contributed by atoms with Crippen molar-refractivity contribution in [3.63, 3.8) is 0 Å². The molecule has 102 valence electrons. The van der Waals surface area contributed by atoms with Crippen LogP contribution >= 0.6 is 11.6 Å². The average Bonchev–Trinajstić information content (AvgIpc) is 2.46. The number of hydrogen-bond acceptors (Lipinski definition) is 2. The maximum absolute atomic E-state index is 13.7. The van der Waals surface area contributed by atoms with Gasteiger partial charge in [0.15, 0.2) is 0 Å². The zero-order chi connectivity index (χ0) is 14.5. The molecule has 0 amide bonds. The van der Waals surface area contributed by atoms with Crippen LogP contribution in [0.2, 0.25) is 0 Å². The van der Waals surface area contributed by atoms with E-state index in [0.29, 0.717) is 16.9 Å². The molecule has 5 heteroatoms. The molecule has 20 heavy (non-hydrogen) atoms. The number of rotatable bonds is 4. The molecular formula is C15H10ClF2NO. The van der Waals surface area contributed by atoms with Crippen LogP contribution in [0.3, 0.4) is 0 Å². The van der Waals surface area contributed by atoms with Crippen molar-refractivity contribution in [3.05, 3.63) is 64.7 Å². The van der Waals surface area contributed by atoms with Gasteiger partial charge in [0, 0.05) is 11.1 Å². The van der Waals surface area contributed by atoms with Crippen LogP contribution in [0, 0.1) is 23.0 Å². The number of nitriles is 1. The minimum Gasteiger partial charge on any atom is -0.488 e. The maximum Gasteiger partial charge on any atom is 0.131 e. The van der Waals surface area contributed by atoms with E-state index in [9.17, 15) is 8.78 Å². The fourth-order valence-electron chi connectivity index (χ4n) is 1.68. The first-order valence-electron chi connectivity index (χ1n) is 5.79. The normalized spacial score (nSPS) is 10.1. The van der Waals surface area contributed by atoms with Crippen LogP contribution in [0.1, 0.15) is 16.7 Å². The quantitative estimate of drug-likeness (QED) is 0.793. The SMILES string of the molecule is N#Cc1ccc(COc2ccc(F)cc2CCl)c(F)c1. The summed E-state index contributed by atoms with van der Waals surface area (Å²) < 4.78 is 32.2. The van der Waals surface area contributed by atoms with Gasteiger partial charge < -0.3 is 4.74 Å². The number of ether oxygens (including phenoxy) is 1. The Labute approximate surface area is 120 Å². The molecular weight excluding hydrogens is 284 g/mol. The Morgan fingerprint density at radius 2 is 1.90 bits per heavy atom. The Morgan fingerprint density at radius 1 is 1.10 bits per heavy atom. The zero-order valence-electron chi connectivity index (χ0n) is 10.4.